The van der Waals surface area contributed by atoms with Crippen LogP contribution in [0.25, 0.3) is 11.0 Å². The fourth-order valence-corrected chi connectivity index (χ4v) is 2.13. The molecule has 4 nitrogen and oxygen atoms in total. The number of hydrogen-bond donors (Lipinski definition) is 1. The summed E-state index contributed by atoms with van der Waals surface area (Å²) in [7, 11) is 1.69. The van der Waals surface area contributed by atoms with Crippen molar-refractivity contribution in [2.75, 3.05) is 0 Å². The Labute approximate surface area is 109 Å². The van der Waals surface area contributed by atoms with Gasteiger partial charge in [0, 0.05) is 18.2 Å². The van der Waals surface area contributed by atoms with Crippen LogP contribution in [-0.4, -0.2) is 15.3 Å². The number of carbonyl (C=O) groups excluding carboxylic acids is 1. The highest BCUT2D eigenvalue weighted by atomic mass is 16.1. The summed E-state index contributed by atoms with van der Waals surface area (Å²) in [5.41, 5.74) is 2.49. The summed E-state index contributed by atoms with van der Waals surface area (Å²) in [6.45, 7) is 0. The zero-order chi connectivity index (χ0) is 13.4. The summed E-state index contributed by atoms with van der Waals surface area (Å²) in [6, 6.07) is 14.3. The molecule has 0 saturated heterocycles. The van der Waals surface area contributed by atoms with Gasteiger partial charge in [-0.25, -0.2) is 4.79 Å². The third kappa shape index (κ3) is 1.87. The van der Waals surface area contributed by atoms with E-state index in [4.69, 9.17) is 0 Å². The molecule has 2 aromatic carbocycles. The molecule has 94 valence electrons. The van der Waals surface area contributed by atoms with Crippen LogP contribution in [0.2, 0.25) is 0 Å². The summed E-state index contributed by atoms with van der Waals surface area (Å²) in [5, 5.41) is 0. The number of aromatic amines is 1. The first kappa shape index (κ1) is 11.5. The minimum absolute atomic E-state index is 0.0489. The first-order valence-corrected chi connectivity index (χ1v) is 5.95. The Balaban J connectivity index is 2.12. The second-order valence-electron chi connectivity index (χ2n) is 4.42. The van der Waals surface area contributed by atoms with Crippen molar-refractivity contribution < 1.29 is 4.79 Å². The number of hydrogen-bond acceptors (Lipinski definition) is 2. The van der Waals surface area contributed by atoms with E-state index in [0.717, 1.165) is 5.52 Å². The largest absolute Gasteiger partial charge is 0.326 e. The maximum Gasteiger partial charge on any atom is 0.326 e. The minimum atomic E-state index is -0.181. The second-order valence-corrected chi connectivity index (χ2v) is 4.42. The molecule has 1 heterocycles. The smallest absolute Gasteiger partial charge is 0.306 e. The molecule has 3 aromatic rings. The molecule has 0 atom stereocenters. The molecule has 0 aliphatic carbocycles. The van der Waals surface area contributed by atoms with Crippen molar-refractivity contribution in [3.05, 3.63) is 70.1 Å². The van der Waals surface area contributed by atoms with Gasteiger partial charge >= 0.3 is 5.69 Å². The predicted molar refractivity (Wildman–Crippen MR) is 73.4 cm³/mol. The van der Waals surface area contributed by atoms with Gasteiger partial charge < -0.3 is 4.98 Å². The van der Waals surface area contributed by atoms with Gasteiger partial charge in [-0.3, -0.25) is 9.36 Å². The van der Waals surface area contributed by atoms with Crippen LogP contribution in [0.4, 0.5) is 0 Å². The number of benzene rings is 2. The summed E-state index contributed by atoms with van der Waals surface area (Å²) in [4.78, 5) is 26.5. The molecule has 19 heavy (non-hydrogen) atoms. The van der Waals surface area contributed by atoms with Gasteiger partial charge in [0.2, 0.25) is 0 Å². The molecule has 1 aromatic heterocycles. The lowest BCUT2D eigenvalue weighted by atomic mass is 10.0. The Kier molecular flexibility index (Phi) is 2.56. The van der Waals surface area contributed by atoms with Crippen molar-refractivity contribution >= 4 is 16.8 Å². The van der Waals surface area contributed by atoms with Crippen molar-refractivity contribution in [1.82, 2.24) is 9.55 Å². The zero-order valence-corrected chi connectivity index (χ0v) is 10.4. The lowest BCUT2D eigenvalue weighted by Crippen LogP contribution is -2.11. The minimum Gasteiger partial charge on any atom is -0.306 e. The van der Waals surface area contributed by atoms with Crippen LogP contribution < -0.4 is 5.69 Å². The fourth-order valence-electron chi connectivity index (χ4n) is 2.13. The average Bonchev–Trinajstić information content (AvgIpc) is 2.74. The Hall–Kier alpha value is -2.62. The van der Waals surface area contributed by atoms with Crippen LogP contribution in [-0.2, 0) is 7.05 Å². The molecule has 0 fully saturated rings. The molecule has 0 aliphatic heterocycles. The molecule has 0 aliphatic rings. The third-order valence-electron chi connectivity index (χ3n) is 3.20. The molecule has 3 rings (SSSR count). The standard InChI is InChI=1S/C15H12N2O2/c1-17-13-8-7-11(9-12(13)16-15(17)19)14(18)10-5-3-2-4-6-10/h2-9H,1H3,(H,16,19). The molecular weight excluding hydrogens is 240 g/mol. The highest BCUT2D eigenvalue weighted by molar-refractivity contribution is 6.10. The van der Waals surface area contributed by atoms with Crippen molar-refractivity contribution in [2.45, 2.75) is 0 Å². The maximum absolute atomic E-state index is 12.3. The van der Waals surface area contributed by atoms with Crippen LogP contribution in [0.3, 0.4) is 0 Å². The van der Waals surface area contributed by atoms with Gasteiger partial charge in [-0.1, -0.05) is 30.3 Å². The van der Waals surface area contributed by atoms with E-state index in [1.807, 2.05) is 18.2 Å². The number of H-pyrrole nitrogens is 1. The number of aryl methyl sites for hydroxylation is 1. The van der Waals surface area contributed by atoms with E-state index in [9.17, 15) is 9.59 Å². The van der Waals surface area contributed by atoms with Crippen LogP contribution in [0, 0.1) is 0 Å². The van der Waals surface area contributed by atoms with E-state index < -0.39 is 0 Å². The van der Waals surface area contributed by atoms with E-state index in [1.54, 1.807) is 37.4 Å². The van der Waals surface area contributed by atoms with E-state index in [-0.39, 0.29) is 11.5 Å². The van der Waals surface area contributed by atoms with Crippen molar-refractivity contribution in [3.63, 3.8) is 0 Å². The fraction of sp³-hybridized carbons (Fsp3) is 0.0667. The SMILES string of the molecule is Cn1c(=O)[nH]c2cc(C(=O)c3ccccc3)ccc21. The second kappa shape index (κ2) is 4.24. The van der Waals surface area contributed by atoms with E-state index in [1.165, 1.54) is 4.57 Å². The topological polar surface area (TPSA) is 54.9 Å². The number of aromatic nitrogens is 2. The van der Waals surface area contributed by atoms with Gasteiger partial charge in [0.25, 0.3) is 0 Å². The number of nitrogens with one attached hydrogen (secondary N) is 1. The number of fused-ring (bicyclic) bond motifs is 1. The molecule has 4 heteroatoms. The molecule has 0 unspecified atom stereocenters. The van der Waals surface area contributed by atoms with E-state index in [0.29, 0.717) is 16.6 Å². The average molecular weight is 252 g/mol. The summed E-state index contributed by atoms with van der Waals surface area (Å²) < 4.78 is 1.52. The molecule has 1 N–H and O–H groups in total. The summed E-state index contributed by atoms with van der Waals surface area (Å²) in [6.07, 6.45) is 0. The molecule has 0 bridgehead atoms. The Bertz CT molecular complexity index is 813. The van der Waals surface area contributed by atoms with E-state index >= 15 is 0 Å². The van der Waals surface area contributed by atoms with Crippen molar-refractivity contribution in [2.24, 2.45) is 7.05 Å². The van der Waals surface area contributed by atoms with Crippen LogP contribution >= 0.6 is 0 Å². The number of ketones is 1. The Morgan fingerprint density at radius 2 is 1.79 bits per heavy atom. The molecular formula is C15H12N2O2. The van der Waals surface area contributed by atoms with Crippen LogP contribution in [0.5, 0.6) is 0 Å². The molecule has 0 radical (unpaired) electrons. The van der Waals surface area contributed by atoms with Crippen LogP contribution in [0.1, 0.15) is 15.9 Å². The lowest BCUT2D eigenvalue weighted by Gasteiger charge is -2.01. The Morgan fingerprint density at radius 3 is 2.53 bits per heavy atom. The Morgan fingerprint density at radius 1 is 1.05 bits per heavy atom. The maximum atomic E-state index is 12.3. The highest BCUT2D eigenvalue weighted by Gasteiger charge is 2.11. The summed E-state index contributed by atoms with van der Waals surface area (Å²) >= 11 is 0. The van der Waals surface area contributed by atoms with Gasteiger partial charge in [-0.05, 0) is 18.2 Å². The zero-order valence-electron chi connectivity index (χ0n) is 10.4. The number of carbonyl (C=O) groups is 1. The first-order chi connectivity index (χ1) is 9.16. The number of rotatable bonds is 2. The normalized spacial score (nSPS) is 10.8. The number of nitrogens with zero attached hydrogens (tertiary/aromatic N) is 1. The van der Waals surface area contributed by atoms with Crippen LogP contribution in [0.15, 0.2) is 53.3 Å². The number of imidazole rings is 1. The highest BCUT2D eigenvalue weighted by Crippen LogP contribution is 2.15. The first-order valence-electron chi connectivity index (χ1n) is 5.95. The van der Waals surface area contributed by atoms with Crippen molar-refractivity contribution in [3.8, 4) is 0 Å². The van der Waals surface area contributed by atoms with Gasteiger partial charge in [-0.15, -0.1) is 0 Å². The van der Waals surface area contributed by atoms with Crippen molar-refractivity contribution in [1.29, 1.82) is 0 Å². The molecule has 0 spiro atoms. The predicted octanol–water partition coefficient (Wildman–Crippen LogP) is 2.10. The summed E-state index contributed by atoms with van der Waals surface area (Å²) in [5.74, 6) is -0.0489. The van der Waals surface area contributed by atoms with E-state index in [2.05, 4.69) is 4.98 Å². The lowest BCUT2D eigenvalue weighted by molar-refractivity contribution is 0.103. The van der Waals surface area contributed by atoms with Gasteiger partial charge in [-0.2, -0.15) is 0 Å². The molecule has 0 saturated carbocycles. The third-order valence-corrected chi connectivity index (χ3v) is 3.20. The van der Waals surface area contributed by atoms with Gasteiger partial charge in [0.15, 0.2) is 5.78 Å². The van der Waals surface area contributed by atoms with Gasteiger partial charge in [0.1, 0.15) is 0 Å². The quantitative estimate of drug-likeness (QED) is 0.710. The van der Waals surface area contributed by atoms with Gasteiger partial charge in [0.05, 0.1) is 11.0 Å². The monoisotopic (exact) mass is 252 g/mol. The molecule has 0 amide bonds.